The Morgan fingerprint density at radius 1 is 0.963 bits per heavy atom. The summed E-state index contributed by atoms with van der Waals surface area (Å²) < 4.78 is 7.06. The number of benzene rings is 2. The summed E-state index contributed by atoms with van der Waals surface area (Å²) in [5, 5.41) is 19.8. The highest BCUT2D eigenvalue weighted by molar-refractivity contribution is 6.36. The third-order valence-corrected chi connectivity index (χ3v) is 4.92. The summed E-state index contributed by atoms with van der Waals surface area (Å²) in [5.74, 6) is 1.14. The molecule has 0 atom stereocenters. The first kappa shape index (κ1) is 16.2. The molecule has 0 aliphatic rings. The van der Waals surface area contributed by atoms with Gasteiger partial charge in [0.2, 0.25) is 0 Å². The average molecular weight is 396 g/mol. The van der Waals surface area contributed by atoms with Crippen molar-refractivity contribution in [2.75, 3.05) is 0 Å². The van der Waals surface area contributed by atoms with Gasteiger partial charge in [-0.1, -0.05) is 58.7 Å². The minimum Gasteiger partial charge on any atom is -0.360 e. The van der Waals surface area contributed by atoms with Crippen LogP contribution < -0.4 is 0 Å². The van der Waals surface area contributed by atoms with E-state index in [4.69, 9.17) is 27.7 Å². The molecule has 0 N–H and O–H groups in total. The number of nitrogens with zero attached hydrogens (tertiary/aromatic N) is 5. The molecule has 0 fully saturated rings. The van der Waals surface area contributed by atoms with Gasteiger partial charge in [-0.05, 0) is 25.1 Å². The zero-order valence-electron chi connectivity index (χ0n) is 14.0. The molecule has 0 aliphatic carbocycles. The minimum atomic E-state index is 0.316. The van der Waals surface area contributed by atoms with E-state index in [1.54, 1.807) is 16.6 Å². The lowest BCUT2D eigenvalue weighted by molar-refractivity contribution is 0.400. The lowest BCUT2D eigenvalue weighted by Gasteiger charge is -2.05. The van der Waals surface area contributed by atoms with Crippen LogP contribution in [0, 0.1) is 6.92 Å². The number of hydrogen-bond acceptors (Lipinski definition) is 5. The fourth-order valence-corrected chi connectivity index (χ4v) is 3.55. The van der Waals surface area contributed by atoms with Gasteiger partial charge in [-0.2, -0.15) is 9.61 Å². The summed E-state index contributed by atoms with van der Waals surface area (Å²) >= 11 is 12.5. The van der Waals surface area contributed by atoms with Crippen molar-refractivity contribution >= 4 is 39.6 Å². The molecule has 0 saturated carbocycles. The Balaban J connectivity index is 1.82. The highest BCUT2D eigenvalue weighted by Gasteiger charge is 2.23. The smallest absolute Gasteiger partial charge is 0.191 e. The van der Waals surface area contributed by atoms with Crippen molar-refractivity contribution in [3.8, 4) is 22.6 Å². The number of aryl methyl sites for hydroxylation is 1. The maximum absolute atomic E-state index is 6.41. The molecule has 6 nitrogen and oxygen atoms in total. The zero-order valence-corrected chi connectivity index (χ0v) is 15.5. The molecule has 132 valence electrons. The van der Waals surface area contributed by atoms with Gasteiger partial charge in [0.05, 0.1) is 5.56 Å². The van der Waals surface area contributed by atoms with Gasteiger partial charge in [0.1, 0.15) is 11.5 Å². The molecule has 8 heteroatoms. The molecule has 27 heavy (non-hydrogen) atoms. The van der Waals surface area contributed by atoms with Crippen molar-refractivity contribution in [2.45, 2.75) is 6.92 Å². The second-order valence-electron chi connectivity index (χ2n) is 6.07. The monoisotopic (exact) mass is 395 g/mol. The highest BCUT2D eigenvalue weighted by Crippen LogP contribution is 2.35. The van der Waals surface area contributed by atoms with Gasteiger partial charge in [0.25, 0.3) is 0 Å². The molecule has 3 aromatic heterocycles. The zero-order chi connectivity index (χ0) is 18.5. The number of hydrogen-bond donors (Lipinski definition) is 0. The topological polar surface area (TPSA) is 69.1 Å². The third kappa shape index (κ3) is 2.49. The van der Waals surface area contributed by atoms with E-state index < -0.39 is 0 Å². The third-order valence-electron chi connectivity index (χ3n) is 4.41. The van der Waals surface area contributed by atoms with Gasteiger partial charge in [-0.25, -0.2) is 0 Å². The van der Waals surface area contributed by atoms with Crippen molar-refractivity contribution in [1.29, 1.82) is 0 Å². The Morgan fingerprint density at radius 2 is 1.78 bits per heavy atom. The van der Waals surface area contributed by atoms with E-state index in [-0.39, 0.29) is 0 Å². The van der Waals surface area contributed by atoms with Crippen LogP contribution in [0.5, 0.6) is 0 Å². The molecular formula is C19H11Cl2N5O. The van der Waals surface area contributed by atoms with Crippen LogP contribution in [0.1, 0.15) is 5.76 Å². The molecule has 5 aromatic rings. The van der Waals surface area contributed by atoms with Crippen LogP contribution in [0.25, 0.3) is 39.1 Å². The lowest BCUT2D eigenvalue weighted by atomic mass is 10.1. The minimum absolute atomic E-state index is 0.316. The summed E-state index contributed by atoms with van der Waals surface area (Å²) in [4.78, 5) is 0. The molecule has 0 aliphatic heterocycles. The van der Waals surface area contributed by atoms with Crippen molar-refractivity contribution in [1.82, 2.24) is 25.0 Å². The van der Waals surface area contributed by atoms with Crippen LogP contribution in [0.4, 0.5) is 0 Å². The lowest BCUT2D eigenvalue weighted by Crippen LogP contribution is -1.98. The first-order chi connectivity index (χ1) is 13.1. The molecule has 0 spiro atoms. The maximum atomic E-state index is 6.41. The SMILES string of the molecule is Cc1onc(-c2ccccc2)c1-c1nnc2c3ccc(Cl)cc3c(Cl)nn12. The molecule has 0 radical (unpaired) electrons. The Labute approximate surface area is 163 Å². The van der Waals surface area contributed by atoms with Gasteiger partial charge < -0.3 is 4.52 Å². The molecule has 0 amide bonds. The quantitative estimate of drug-likeness (QED) is 0.410. The van der Waals surface area contributed by atoms with Crippen LogP contribution in [0.2, 0.25) is 10.2 Å². The largest absolute Gasteiger partial charge is 0.360 e. The van der Waals surface area contributed by atoms with Crippen LogP contribution in [0.15, 0.2) is 53.1 Å². The van der Waals surface area contributed by atoms with Gasteiger partial charge in [-0.15, -0.1) is 10.2 Å². The second kappa shape index (κ2) is 6.04. The van der Waals surface area contributed by atoms with Crippen molar-refractivity contribution in [2.24, 2.45) is 0 Å². The number of rotatable bonds is 2. The predicted octanol–water partition coefficient (Wildman–Crippen LogP) is 5.21. The van der Waals surface area contributed by atoms with Crippen molar-refractivity contribution < 1.29 is 4.52 Å². The standard InChI is InChI=1S/C19H11Cl2N5O/c1-10-15(16(25-27-10)11-5-3-2-4-6-11)19-23-22-18-13-8-7-12(20)9-14(13)17(21)24-26(18)19/h2-9H,1H3. The van der Waals surface area contributed by atoms with E-state index in [1.807, 2.05) is 43.3 Å². The van der Waals surface area contributed by atoms with Gasteiger partial charge >= 0.3 is 0 Å². The average Bonchev–Trinajstić information content (AvgIpc) is 3.26. The number of aromatic nitrogens is 5. The first-order valence-corrected chi connectivity index (χ1v) is 8.91. The molecule has 3 heterocycles. The van der Waals surface area contributed by atoms with Crippen LogP contribution in [0.3, 0.4) is 0 Å². The summed E-state index contributed by atoms with van der Waals surface area (Å²) in [6.45, 7) is 1.83. The Hall–Kier alpha value is -2.96. The number of fused-ring (bicyclic) bond motifs is 3. The summed E-state index contributed by atoms with van der Waals surface area (Å²) in [6.07, 6.45) is 0. The van der Waals surface area contributed by atoms with Crippen LogP contribution in [-0.2, 0) is 0 Å². The van der Waals surface area contributed by atoms with E-state index in [0.29, 0.717) is 33.1 Å². The fraction of sp³-hybridized carbons (Fsp3) is 0.0526. The van der Waals surface area contributed by atoms with E-state index in [9.17, 15) is 0 Å². The summed E-state index contributed by atoms with van der Waals surface area (Å²) in [6, 6.07) is 15.2. The number of halogens is 2. The van der Waals surface area contributed by atoms with Gasteiger partial charge in [-0.3, -0.25) is 0 Å². The van der Waals surface area contributed by atoms with Crippen molar-refractivity contribution in [3.05, 3.63) is 64.5 Å². The first-order valence-electron chi connectivity index (χ1n) is 8.16. The summed E-state index contributed by atoms with van der Waals surface area (Å²) in [7, 11) is 0. The Bertz CT molecular complexity index is 1310. The van der Waals surface area contributed by atoms with E-state index in [2.05, 4.69) is 20.5 Å². The normalized spacial score (nSPS) is 11.5. The second-order valence-corrected chi connectivity index (χ2v) is 6.86. The van der Waals surface area contributed by atoms with E-state index in [1.165, 1.54) is 0 Å². The highest BCUT2D eigenvalue weighted by atomic mass is 35.5. The molecule has 0 unspecified atom stereocenters. The van der Waals surface area contributed by atoms with Crippen molar-refractivity contribution in [3.63, 3.8) is 0 Å². The fourth-order valence-electron chi connectivity index (χ4n) is 3.15. The van der Waals surface area contributed by atoms with Gasteiger partial charge in [0, 0.05) is 21.4 Å². The summed E-state index contributed by atoms with van der Waals surface area (Å²) in [5.41, 5.74) is 2.91. The Kier molecular flexibility index (Phi) is 3.63. The van der Waals surface area contributed by atoms with Gasteiger partial charge in [0.15, 0.2) is 16.6 Å². The predicted molar refractivity (Wildman–Crippen MR) is 104 cm³/mol. The molecule has 0 bridgehead atoms. The molecular weight excluding hydrogens is 385 g/mol. The van der Waals surface area contributed by atoms with E-state index >= 15 is 0 Å². The maximum Gasteiger partial charge on any atom is 0.191 e. The molecule has 5 rings (SSSR count). The van der Waals surface area contributed by atoms with Crippen LogP contribution >= 0.6 is 23.2 Å². The van der Waals surface area contributed by atoms with E-state index in [0.717, 1.165) is 21.9 Å². The molecule has 2 aromatic carbocycles. The van der Waals surface area contributed by atoms with Crippen LogP contribution in [-0.4, -0.2) is 25.0 Å². The molecule has 0 saturated heterocycles. The Morgan fingerprint density at radius 3 is 2.59 bits per heavy atom.